The second-order valence-electron chi connectivity index (χ2n) is 4.31. The smallest absolute Gasteiger partial charge is 0.244 e. The summed E-state index contributed by atoms with van der Waals surface area (Å²) in [4.78, 5) is 1.40. The number of unbranched alkanes of at least 4 members (excludes halogenated alkanes) is 1. The molecule has 1 aromatic rings. The Morgan fingerprint density at radius 2 is 2.11 bits per heavy atom. The van der Waals surface area contributed by atoms with Crippen molar-refractivity contribution in [1.82, 2.24) is 9.62 Å². The van der Waals surface area contributed by atoms with Crippen LogP contribution in [0, 0.1) is 0 Å². The maximum Gasteiger partial charge on any atom is 0.244 e. The van der Waals surface area contributed by atoms with Crippen molar-refractivity contribution < 1.29 is 8.42 Å². The van der Waals surface area contributed by atoms with Crippen molar-refractivity contribution in [2.24, 2.45) is 0 Å². The van der Waals surface area contributed by atoms with Gasteiger partial charge in [-0.15, -0.1) is 11.3 Å². The minimum absolute atomic E-state index is 0.379. The first kappa shape index (κ1) is 17.1. The molecule has 0 bridgehead atoms. The van der Waals surface area contributed by atoms with Gasteiger partial charge in [-0.2, -0.15) is 0 Å². The van der Waals surface area contributed by atoms with E-state index in [1.807, 2.05) is 6.92 Å². The third-order valence-electron chi connectivity index (χ3n) is 2.77. The summed E-state index contributed by atoms with van der Waals surface area (Å²) in [6.45, 7) is 6.21. The van der Waals surface area contributed by atoms with Crippen LogP contribution in [0.5, 0.6) is 0 Å². The second kappa shape index (κ2) is 7.73. The van der Waals surface area contributed by atoms with Gasteiger partial charge in [-0.3, -0.25) is 0 Å². The number of sulfonamides is 1. The lowest BCUT2D eigenvalue weighted by Gasteiger charge is -2.16. The van der Waals surface area contributed by atoms with Gasteiger partial charge in [0, 0.05) is 25.0 Å². The molecule has 0 fully saturated rings. The molecule has 0 aliphatic heterocycles. The quantitative estimate of drug-likeness (QED) is 0.766. The second-order valence-corrected chi connectivity index (χ2v) is 8.78. The van der Waals surface area contributed by atoms with Crippen molar-refractivity contribution in [3.63, 3.8) is 0 Å². The summed E-state index contributed by atoms with van der Waals surface area (Å²) in [6.07, 6.45) is 1.86. The molecular weight excluding hydrogens is 348 g/mol. The third kappa shape index (κ3) is 4.53. The fraction of sp³-hybridized carbons (Fsp3) is 0.667. The number of thiophene rings is 1. The Morgan fingerprint density at radius 3 is 2.68 bits per heavy atom. The molecule has 0 aliphatic rings. The van der Waals surface area contributed by atoms with Gasteiger partial charge >= 0.3 is 0 Å². The Balaban J connectivity index is 2.91. The van der Waals surface area contributed by atoms with E-state index in [0.29, 0.717) is 21.8 Å². The topological polar surface area (TPSA) is 49.4 Å². The van der Waals surface area contributed by atoms with Crippen molar-refractivity contribution >= 4 is 37.3 Å². The lowest BCUT2D eigenvalue weighted by molar-refractivity contribution is 0.459. The Labute approximate surface area is 128 Å². The molecule has 110 valence electrons. The van der Waals surface area contributed by atoms with Gasteiger partial charge in [0.25, 0.3) is 0 Å². The molecule has 4 nitrogen and oxygen atoms in total. The Bertz CT molecular complexity index is 500. The van der Waals surface area contributed by atoms with Gasteiger partial charge in [0.1, 0.15) is 4.90 Å². The Hall–Kier alpha value is 0.0500. The minimum atomic E-state index is -3.38. The maximum atomic E-state index is 12.4. The molecule has 7 heteroatoms. The highest BCUT2D eigenvalue weighted by Crippen LogP contribution is 2.33. The van der Waals surface area contributed by atoms with Gasteiger partial charge in [-0.05, 0) is 35.0 Å². The van der Waals surface area contributed by atoms with Crippen LogP contribution < -0.4 is 5.32 Å². The van der Waals surface area contributed by atoms with Gasteiger partial charge in [-0.1, -0.05) is 20.3 Å². The van der Waals surface area contributed by atoms with Crippen LogP contribution in [-0.2, 0) is 16.6 Å². The molecule has 0 aromatic carbocycles. The zero-order valence-electron chi connectivity index (χ0n) is 11.6. The van der Waals surface area contributed by atoms with Crippen molar-refractivity contribution in [1.29, 1.82) is 0 Å². The van der Waals surface area contributed by atoms with E-state index in [-0.39, 0.29) is 0 Å². The van der Waals surface area contributed by atoms with Crippen molar-refractivity contribution in [3.8, 4) is 0 Å². The molecule has 0 saturated carbocycles. The average Bonchev–Trinajstić information content (AvgIpc) is 2.75. The fourth-order valence-electron chi connectivity index (χ4n) is 1.58. The predicted molar refractivity (Wildman–Crippen MR) is 84.1 cm³/mol. The zero-order chi connectivity index (χ0) is 14.5. The largest absolute Gasteiger partial charge is 0.312 e. The number of halogens is 1. The molecule has 0 atom stereocenters. The molecule has 0 spiro atoms. The number of rotatable bonds is 8. The van der Waals surface area contributed by atoms with Gasteiger partial charge < -0.3 is 5.32 Å². The molecule has 0 saturated heterocycles. The summed E-state index contributed by atoms with van der Waals surface area (Å²) in [7, 11) is -1.74. The van der Waals surface area contributed by atoms with Crippen LogP contribution in [0.3, 0.4) is 0 Å². The van der Waals surface area contributed by atoms with E-state index < -0.39 is 10.0 Å². The summed E-state index contributed by atoms with van der Waals surface area (Å²) in [5.41, 5.74) is 0. The Morgan fingerprint density at radius 1 is 1.42 bits per heavy atom. The fourth-order valence-corrected chi connectivity index (χ4v) is 5.39. The highest BCUT2D eigenvalue weighted by Gasteiger charge is 2.25. The molecule has 1 heterocycles. The summed E-state index contributed by atoms with van der Waals surface area (Å²) in [6, 6.07) is 1.76. The van der Waals surface area contributed by atoms with E-state index in [0.717, 1.165) is 24.3 Å². The number of nitrogens with one attached hydrogen (secondary N) is 1. The lowest BCUT2D eigenvalue weighted by Crippen LogP contribution is -2.27. The summed E-state index contributed by atoms with van der Waals surface area (Å²) >= 11 is 4.84. The first-order chi connectivity index (χ1) is 8.93. The van der Waals surface area contributed by atoms with Crippen molar-refractivity contribution in [3.05, 3.63) is 14.7 Å². The van der Waals surface area contributed by atoms with E-state index >= 15 is 0 Å². The van der Waals surface area contributed by atoms with Crippen LogP contribution in [0.15, 0.2) is 14.7 Å². The van der Waals surface area contributed by atoms with E-state index in [1.54, 1.807) is 13.1 Å². The zero-order valence-corrected chi connectivity index (χ0v) is 14.8. The van der Waals surface area contributed by atoms with Crippen LogP contribution >= 0.6 is 27.3 Å². The number of hydrogen-bond acceptors (Lipinski definition) is 4. The maximum absolute atomic E-state index is 12.4. The average molecular weight is 369 g/mol. The first-order valence-electron chi connectivity index (χ1n) is 6.38. The number of hydrogen-bond donors (Lipinski definition) is 1. The molecule has 0 aliphatic carbocycles. The molecular formula is C12H21BrN2O2S2. The van der Waals surface area contributed by atoms with E-state index in [9.17, 15) is 8.42 Å². The van der Waals surface area contributed by atoms with Crippen molar-refractivity contribution in [2.45, 2.75) is 38.1 Å². The van der Waals surface area contributed by atoms with Gasteiger partial charge in [0.2, 0.25) is 10.0 Å². The third-order valence-corrected chi connectivity index (χ3v) is 6.88. The highest BCUT2D eigenvalue weighted by molar-refractivity contribution is 9.11. The van der Waals surface area contributed by atoms with Gasteiger partial charge in [-0.25, -0.2) is 12.7 Å². The molecule has 0 unspecified atom stereocenters. The molecule has 0 amide bonds. The van der Waals surface area contributed by atoms with E-state index in [2.05, 4.69) is 28.2 Å². The van der Waals surface area contributed by atoms with Crippen LogP contribution in [0.1, 0.15) is 31.6 Å². The van der Waals surface area contributed by atoms with Crippen molar-refractivity contribution in [2.75, 3.05) is 20.1 Å². The van der Waals surface area contributed by atoms with Crippen LogP contribution in [0.25, 0.3) is 0 Å². The standard InChI is InChI=1S/C12H21BrN2O2S2/c1-4-6-7-15(3)19(16,17)11-8-10(9-14-5-2)18-12(11)13/h8,14H,4-7,9H2,1-3H3. The van der Waals surface area contributed by atoms with E-state index in [4.69, 9.17) is 0 Å². The van der Waals surface area contributed by atoms with Crippen LogP contribution in [0.2, 0.25) is 0 Å². The van der Waals surface area contributed by atoms with Crippen LogP contribution in [0.4, 0.5) is 0 Å². The van der Waals surface area contributed by atoms with E-state index in [1.165, 1.54) is 15.6 Å². The normalized spacial score (nSPS) is 12.3. The molecule has 1 N–H and O–H groups in total. The summed E-state index contributed by atoms with van der Waals surface area (Å²) in [5.74, 6) is 0. The molecule has 1 aromatic heterocycles. The molecule has 19 heavy (non-hydrogen) atoms. The SMILES string of the molecule is CCCCN(C)S(=O)(=O)c1cc(CNCC)sc1Br. The summed E-state index contributed by atoms with van der Waals surface area (Å²) in [5, 5.41) is 3.20. The molecule has 0 radical (unpaired) electrons. The van der Waals surface area contributed by atoms with Gasteiger partial charge in [0.15, 0.2) is 0 Å². The lowest BCUT2D eigenvalue weighted by atomic mass is 10.3. The molecule has 1 rings (SSSR count). The highest BCUT2D eigenvalue weighted by atomic mass is 79.9. The van der Waals surface area contributed by atoms with Gasteiger partial charge in [0.05, 0.1) is 3.79 Å². The minimum Gasteiger partial charge on any atom is -0.312 e. The number of nitrogens with zero attached hydrogens (tertiary/aromatic N) is 1. The monoisotopic (exact) mass is 368 g/mol. The first-order valence-corrected chi connectivity index (χ1v) is 9.43. The predicted octanol–water partition coefficient (Wildman–Crippen LogP) is 3.04. The Kier molecular flexibility index (Phi) is 6.96. The van der Waals surface area contributed by atoms with Crippen LogP contribution in [-0.4, -0.2) is 32.9 Å². The summed E-state index contributed by atoms with van der Waals surface area (Å²) < 4.78 is 27.0.